The minimum absolute atomic E-state index is 0.250. The number of aromatic nitrogens is 4. The summed E-state index contributed by atoms with van der Waals surface area (Å²) in [5, 5.41) is 17.3. The van der Waals surface area contributed by atoms with Crippen LogP contribution < -0.4 is 19.7 Å². The van der Waals surface area contributed by atoms with Crippen molar-refractivity contribution < 1.29 is 23.5 Å². The zero-order valence-corrected chi connectivity index (χ0v) is 25.0. The van der Waals surface area contributed by atoms with Crippen LogP contribution in [0.1, 0.15) is 38.1 Å². The van der Waals surface area contributed by atoms with Gasteiger partial charge in [0.05, 0.1) is 19.9 Å². The first-order valence-electron chi connectivity index (χ1n) is 13.8. The smallest absolute Gasteiger partial charge is 0.251 e. The van der Waals surface area contributed by atoms with Crippen molar-refractivity contribution in [2.24, 2.45) is 0 Å². The van der Waals surface area contributed by atoms with Crippen LogP contribution in [-0.2, 0) is 16.1 Å². The van der Waals surface area contributed by atoms with Crippen LogP contribution in [0.15, 0.2) is 77.2 Å². The number of furan rings is 1. The molecule has 222 valence electrons. The third-order valence-electron chi connectivity index (χ3n) is 6.71. The minimum atomic E-state index is -1.09. The molecule has 0 spiro atoms. The fourth-order valence-electron chi connectivity index (χ4n) is 4.88. The van der Waals surface area contributed by atoms with E-state index in [-0.39, 0.29) is 18.3 Å². The molecular formula is C32H34N6O5. The Morgan fingerprint density at radius 1 is 0.977 bits per heavy atom. The minimum Gasteiger partial charge on any atom is -0.493 e. The van der Waals surface area contributed by atoms with Crippen molar-refractivity contribution >= 4 is 28.3 Å². The number of rotatable bonds is 9. The average molecular weight is 583 g/mol. The molecule has 0 fully saturated rings. The first-order chi connectivity index (χ1) is 20.6. The van der Waals surface area contributed by atoms with E-state index in [0.717, 1.165) is 10.8 Å². The lowest BCUT2D eigenvalue weighted by molar-refractivity contribution is -0.128. The largest absolute Gasteiger partial charge is 0.493 e. The third kappa shape index (κ3) is 6.35. The Labute approximate surface area is 249 Å². The predicted molar refractivity (Wildman–Crippen MR) is 162 cm³/mol. The zero-order valence-electron chi connectivity index (χ0n) is 25.0. The second-order valence-corrected chi connectivity index (χ2v) is 11.1. The summed E-state index contributed by atoms with van der Waals surface area (Å²) in [6, 6.07) is 21.0. The van der Waals surface area contributed by atoms with E-state index in [1.165, 1.54) is 23.9 Å². The number of tetrazole rings is 1. The molecule has 43 heavy (non-hydrogen) atoms. The summed E-state index contributed by atoms with van der Waals surface area (Å²) in [6.07, 6.45) is 0. The van der Waals surface area contributed by atoms with Gasteiger partial charge in [0.2, 0.25) is 11.7 Å². The molecule has 2 heterocycles. The number of nitrogens with zero attached hydrogens (tertiary/aromatic N) is 5. The van der Waals surface area contributed by atoms with Crippen LogP contribution >= 0.6 is 0 Å². The van der Waals surface area contributed by atoms with Crippen LogP contribution in [0.25, 0.3) is 22.4 Å². The Morgan fingerprint density at radius 3 is 2.42 bits per heavy atom. The SMILES string of the molecule is COc1ccc([C@H](C(=O)NC(C)(C)C)N(C(=O)Cn2nnc(-c3ccc(C)o3)n2)c2cccc3ccccc23)cc1OC. The summed E-state index contributed by atoms with van der Waals surface area (Å²) in [5.74, 6) is 1.51. The maximum absolute atomic E-state index is 14.4. The average Bonchev–Trinajstić information content (AvgIpc) is 3.63. The molecule has 0 aliphatic rings. The standard InChI is InChI=1S/C32H34N6O5/c1-20-14-16-26(43-20)30-34-36-37(35-30)19-28(39)38(24-13-9-11-21-10-7-8-12-23(21)24)29(31(40)33-32(2,3)4)22-15-17-25(41-5)27(18-22)42-6/h7-18,29H,19H2,1-6H3,(H,33,40)/t29-/m1/s1. The molecule has 0 saturated heterocycles. The predicted octanol–water partition coefficient (Wildman–Crippen LogP) is 5.10. The van der Waals surface area contributed by atoms with Crippen molar-refractivity contribution in [3.8, 4) is 23.1 Å². The van der Waals surface area contributed by atoms with Crippen molar-refractivity contribution in [1.29, 1.82) is 0 Å². The van der Waals surface area contributed by atoms with Crippen LogP contribution in [0.2, 0.25) is 0 Å². The molecule has 1 atom stereocenters. The van der Waals surface area contributed by atoms with Gasteiger partial charge in [-0.1, -0.05) is 42.5 Å². The summed E-state index contributed by atoms with van der Waals surface area (Å²) in [5.41, 5.74) is 0.496. The molecule has 0 saturated carbocycles. The van der Waals surface area contributed by atoms with Gasteiger partial charge in [0.15, 0.2) is 17.3 Å². The van der Waals surface area contributed by atoms with Gasteiger partial charge in [0.1, 0.15) is 18.3 Å². The highest BCUT2D eigenvalue weighted by Crippen LogP contribution is 2.37. The van der Waals surface area contributed by atoms with Crippen molar-refractivity contribution in [1.82, 2.24) is 25.5 Å². The maximum atomic E-state index is 14.4. The summed E-state index contributed by atoms with van der Waals surface area (Å²) in [4.78, 5) is 31.3. The quantitative estimate of drug-likeness (QED) is 0.255. The molecule has 3 aromatic carbocycles. The Morgan fingerprint density at radius 2 is 1.72 bits per heavy atom. The van der Waals surface area contributed by atoms with E-state index in [9.17, 15) is 9.59 Å². The molecule has 0 unspecified atom stereocenters. The van der Waals surface area contributed by atoms with Gasteiger partial charge in [0.25, 0.3) is 5.91 Å². The van der Waals surface area contributed by atoms with Gasteiger partial charge in [-0.05, 0) is 74.2 Å². The zero-order chi connectivity index (χ0) is 30.7. The van der Waals surface area contributed by atoms with Crippen LogP contribution in [0.5, 0.6) is 11.5 Å². The number of carbonyl (C=O) groups excluding carboxylic acids is 2. The monoisotopic (exact) mass is 582 g/mol. The van der Waals surface area contributed by atoms with Gasteiger partial charge in [-0.15, -0.1) is 10.2 Å². The highest BCUT2D eigenvalue weighted by atomic mass is 16.5. The van der Waals surface area contributed by atoms with E-state index < -0.39 is 17.5 Å². The number of methoxy groups -OCH3 is 2. The molecule has 5 aromatic rings. The van der Waals surface area contributed by atoms with Crippen LogP contribution in [0.3, 0.4) is 0 Å². The van der Waals surface area contributed by atoms with E-state index in [4.69, 9.17) is 13.9 Å². The number of hydrogen-bond acceptors (Lipinski definition) is 8. The lowest BCUT2D eigenvalue weighted by Gasteiger charge is -2.34. The van der Waals surface area contributed by atoms with Crippen LogP contribution in [-0.4, -0.2) is 51.8 Å². The number of ether oxygens (including phenoxy) is 2. The van der Waals surface area contributed by atoms with Crippen molar-refractivity contribution in [2.75, 3.05) is 19.1 Å². The molecule has 0 aliphatic heterocycles. The molecule has 1 N–H and O–H groups in total. The lowest BCUT2D eigenvalue weighted by atomic mass is 9.98. The van der Waals surface area contributed by atoms with E-state index in [2.05, 4.69) is 20.7 Å². The molecular weight excluding hydrogens is 548 g/mol. The highest BCUT2D eigenvalue weighted by molar-refractivity contribution is 6.08. The summed E-state index contributed by atoms with van der Waals surface area (Å²) >= 11 is 0. The topological polar surface area (TPSA) is 125 Å². The molecule has 11 heteroatoms. The second kappa shape index (κ2) is 12.0. The number of amides is 2. The summed E-state index contributed by atoms with van der Waals surface area (Å²) < 4.78 is 16.6. The van der Waals surface area contributed by atoms with Gasteiger partial charge in [-0.2, -0.15) is 4.80 Å². The number of nitrogens with one attached hydrogen (secondary N) is 1. The van der Waals surface area contributed by atoms with E-state index in [1.54, 1.807) is 30.3 Å². The van der Waals surface area contributed by atoms with E-state index >= 15 is 0 Å². The molecule has 0 radical (unpaired) electrons. The summed E-state index contributed by atoms with van der Waals surface area (Å²) in [6.45, 7) is 7.19. The highest BCUT2D eigenvalue weighted by Gasteiger charge is 2.36. The molecule has 5 rings (SSSR count). The van der Waals surface area contributed by atoms with E-state index in [0.29, 0.717) is 34.3 Å². The summed E-state index contributed by atoms with van der Waals surface area (Å²) in [7, 11) is 3.06. The normalized spacial score (nSPS) is 12.1. The Balaban J connectivity index is 1.65. The molecule has 0 aliphatic carbocycles. The number of carbonyl (C=O) groups is 2. The maximum Gasteiger partial charge on any atom is 0.251 e. The fraction of sp³-hybridized carbons (Fsp3) is 0.281. The fourth-order valence-corrected chi connectivity index (χ4v) is 4.88. The molecule has 2 aromatic heterocycles. The number of hydrogen-bond donors (Lipinski definition) is 1. The Kier molecular flexibility index (Phi) is 8.16. The number of benzene rings is 3. The number of anilines is 1. The van der Waals surface area contributed by atoms with Gasteiger partial charge >= 0.3 is 0 Å². The third-order valence-corrected chi connectivity index (χ3v) is 6.71. The van der Waals surface area contributed by atoms with Crippen LogP contribution in [0, 0.1) is 6.92 Å². The van der Waals surface area contributed by atoms with Crippen molar-refractivity contribution in [3.63, 3.8) is 0 Å². The molecule has 0 bridgehead atoms. The lowest BCUT2D eigenvalue weighted by Crippen LogP contribution is -2.50. The van der Waals surface area contributed by atoms with Crippen molar-refractivity contribution in [3.05, 3.63) is 84.1 Å². The second-order valence-electron chi connectivity index (χ2n) is 11.1. The first-order valence-corrected chi connectivity index (χ1v) is 13.8. The van der Waals surface area contributed by atoms with E-state index in [1.807, 2.05) is 70.2 Å². The Bertz CT molecular complexity index is 1760. The molecule has 11 nitrogen and oxygen atoms in total. The van der Waals surface area contributed by atoms with Gasteiger partial charge in [-0.25, -0.2) is 0 Å². The number of fused-ring (bicyclic) bond motifs is 1. The van der Waals surface area contributed by atoms with Gasteiger partial charge in [0, 0.05) is 10.9 Å². The Hall–Kier alpha value is -5.19. The van der Waals surface area contributed by atoms with Gasteiger partial charge < -0.3 is 19.2 Å². The number of aryl methyl sites for hydroxylation is 1. The van der Waals surface area contributed by atoms with Gasteiger partial charge in [-0.3, -0.25) is 14.5 Å². The van der Waals surface area contributed by atoms with Crippen LogP contribution in [0.4, 0.5) is 5.69 Å². The first kappa shape index (κ1) is 29.3. The van der Waals surface area contributed by atoms with Crippen molar-refractivity contribution in [2.45, 2.75) is 45.8 Å². The molecule has 2 amide bonds.